The van der Waals surface area contributed by atoms with Crippen molar-refractivity contribution in [3.05, 3.63) is 47.7 Å². The molecule has 2 atom stereocenters. The van der Waals surface area contributed by atoms with E-state index in [1.807, 2.05) is 0 Å². The first kappa shape index (κ1) is 17.3. The molecular formula is C15H20ClF3Si. The average molecular weight is 321 g/mol. The Hall–Kier alpha value is -0.743. The molecule has 0 saturated heterocycles. The second-order valence-electron chi connectivity index (χ2n) is 5.08. The molecule has 5 heteroatoms. The number of alkyl halides is 4. The van der Waals surface area contributed by atoms with Crippen LogP contribution in [0.3, 0.4) is 0 Å². The van der Waals surface area contributed by atoms with Crippen LogP contribution in [0.4, 0.5) is 13.2 Å². The Morgan fingerprint density at radius 3 is 2.35 bits per heavy atom. The summed E-state index contributed by atoms with van der Waals surface area (Å²) in [6.07, 6.45) is -1.37. The van der Waals surface area contributed by atoms with Gasteiger partial charge in [-0.1, -0.05) is 37.6 Å². The van der Waals surface area contributed by atoms with Crippen LogP contribution in [0, 0.1) is 0 Å². The van der Waals surface area contributed by atoms with Gasteiger partial charge in [0.25, 0.3) is 0 Å². The highest BCUT2D eigenvalue weighted by molar-refractivity contribution is 6.62. The van der Waals surface area contributed by atoms with E-state index >= 15 is 0 Å². The predicted octanol–water partition coefficient (Wildman–Crippen LogP) is 5.74. The van der Waals surface area contributed by atoms with Gasteiger partial charge in [-0.2, -0.15) is 13.2 Å². The molecule has 0 radical (unpaired) electrons. The van der Waals surface area contributed by atoms with Gasteiger partial charge in [-0.15, -0.1) is 23.9 Å². The summed E-state index contributed by atoms with van der Waals surface area (Å²) >= 11 is 6.23. The minimum atomic E-state index is -4.29. The highest BCUT2D eigenvalue weighted by Gasteiger charge is 2.30. The van der Waals surface area contributed by atoms with E-state index in [2.05, 4.69) is 18.8 Å². The van der Waals surface area contributed by atoms with Gasteiger partial charge in [0.2, 0.25) is 0 Å². The summed E-state index contributed by atoms with van der Waals surface area (Å²) in [5.41, 5.74) is 2.19. The van der Waals surface area contributed by atoms with E-state index in [4.69, 9.17) is 11.6 Å². The van der Waals surface area contributed by atoms with E-state index in [-0.39, 0.29) is 5.38 Å². The van der Waals surface area contributed by atoms with Gasteiger partial charge in [-0.25, -0.2) is 0 Å². The largest absolute Gasteiger partial charge is 0.416 e. The molecular weight excluding hydrogens is 301 g/mol. The summed E-state index contributed by atoms with van der Waals surface area (Å²) in [4.78, 5) is 0. The van der Waals surface area contributed by atoms with Crippen molar-refractivity contribution in [2.24, 2.45) is 0 Å². The first-order valence-electron chi connectivity index (χ1n) is 6.78. The van der Waals surface area contributed by atoms with Crippen molar-refractivity contribution < 1.29 is 13.2 Å². The first-order valence-corrected chi connectivity index (χ1v) is 9.85. The third-order valence-electron chi connectivity index (χ3n) is 3.37. The molecule has 0 aromatic heterocycles. The molecule has 0 spiro atoms. The van der Waals surface area contributed by atoms with Gasteiger partial charge >= 0.3 is 6.18 Å². The second-order valence-corrected chi connectivity index (χ2v) is 8.61. The van der Waals surface area contributed by atoms with Gasteiger partial charge in [0.15, 0.2) is 0 Å². The molecule has 0 fully saturated rings. The van der Waals surface area contributed by atoms with Crippen molar-refractivity contribution >= 4 is 20.4 Å². The van der Waals surface area contributed by atoms with Crippen molar-refractivity contribution in [2.45, 2.75) is 43.4 Å². The highest BCUT2D eigenvalue weighted by Crippen LogP contribution is 2.32. The Morgan fingerprint density at radius 2 is 1.85 bits per heavy atom. The smallest absolute Gasteiger partial charge is 0.166 e. The third kappa shape index (κ3) is 5.71. The minimum Gasteiger partial charge on any atom is -0.166 e. The third-order valence-corrected chi connectivity index (χ3v) is 5.96. The van der Waals surface area contributed by atoms with E-state index in [1.165, 1.54) is 18.2 Å². The van der Waals surface area contributed by atoms with E-state index < -0.39 is 20.5 Å². The van der Waals surface area contributed by atoms with Crippen LogP contribution in [0.15, 0.2) is 36.5 Å². The molecule has 2 unspecified atom stereocenters. The summed E-state index contributed by atoms with van der Waals surface area (Å²) in [6, 6.07) is 6.35. The van der Waals surface area contributed by atoms with Crippen LogP contribution in [0.5, 0.6) is 0 Å². The van der Waals surface area contributed by atoms with Crippen molar-refractivity contribution in [3.63, 3.8) is 0 Å². The van der Waals surface area contributed by atoms with E-state index in [0.717, 1.165) is 37.0 Å². The molecule has 0 amide bonds. The van der Waals surface area contributed by atoms with Gasteiger partial charge in [-0.05, 0) is 24.1 Å². The molecule has 1 aromatic carbocycles. The van der Waals surface area contributed by atoms with Crippen LogP contribution >= 0.6 is 11.6 Å². The van der Waals surface area contributed by atoms with Gasteiger partial charge in [-0.3, -0.25) is 0 Å². The highest BCUT2D eigenvalue weighted by atomic mass is 35.5. The lowest BCUT2D eigenvalue weighted by molar-refractivity contribution is -0.137. The number of hydrogen-bond donors (Lipinski definition) is 0. The molecule has 0 aliphatic heterocycles. The maximum atomic E-state index is 12.4. The number of benzene rings is 1. The monoisotopic (exact) mass is 320 g/mol. The standard InChI is InChI=1S/C15H20ClF3Si/c1-3-20(2)11-5-4-6-14(16)12-7-9-13(10-8-12)15(17,18)19/h3,7-10,14,20H,1,4-6,11H2,2H3. The fourth-order valence-electron chi connectivity index (χ4n) is 1.96. The number of halogens is 4. The molecule has 1 aromatic rings. The van der Waals surface area contributed by atoms with E-state index in [1.54, 1.807) is 0 Å². The summed E-state index contributed by atoms with van der Waals surface area (Å²) in [5, 5.41) is -0.210. The summed E-state index contributed by atoms with van der Waals surface area (Å²) < 4.78 is 37.3. The summed E-state index contributed by atoms with van der Waals surface area (Å²) in [5.74, 6) is 0. The maximum Gasteiger partial charge on any atom is 0.416 e. The van der Waals surface area contributed by atoms with Gasteiger partial charge < -0.3 is 0 Å². The van der Waals surface area contributed by atoms with Crippen LogP contribution in [0.2, 0.25) is 12.6 Å². The van der Waals surface area contributed by atoms with Crippen molar-refractivity contribution in [1.82, 2.24) is 0 Å². The lowest BCUT2D eigenvalue weighted by Crippen LogP contribution is -2.05. The zero-order valence-corrected chi connectivity index (χ0v) is 13.5. The zero-order valence-electron chi connectivity index (χ0n) is 11.6. The maximum absolute atomic E-state index is 12.4. The fourth-order valence-corrected chi connectivity index (χ4v) is 3.42. The Kier molecular flexibility index (Phi) is 6.82. The van der Waals surface area contributed by atoms with Crippen LogP contribution in [0.25, 0.3) is 0 Å². The summed E-state index contributed by atoms with van der Waals surface area (Å²) in [6.45, 7) is 6.04. The van der Waals surface area contributed by atoms with Gasteiger partial charge in [0.05, 0.1) is 19.7 Å². The quantitative estimate of drug-likeness (QED) is 0.341. The molecule has 112 valence electrons. The molecule has 0 aliphatic rings. The van der Waals surface area contributed by atoms with Crippen LogP contribution in [-0.2, 0) is 6.18 Å². The molecule has 0 N–H and O–H groups in total. The van der Waals surface area contributed by atoms with E-state index in [9.17, 15) is 13.2 Å². The molecule has 0 heterocycles. The molecule has 0 saturated carbocycles. The average Bonchev–Trinajstić information content (AvgIpc) is 2.42. The van der Waals surface area contributed by atoms with Crippen molar-refractivity contribution in [1.29, 1.82) is 0 Å². The van der Waals surface area contributed by atoms with Crippen LogP contribution < -0.4 is 0 Å². The van der Waals surface area contributed by atoms with Crippen LogP contribution in [0.1, 0.15) is 35.8 Å². The number of hydrogen-bond acceptors (Lipinski definition) is 0. The molecule has 20 heavy (non-hydrogen) atoms. The summed E-state index contributed by atoms with van der Waals surface area (Å²) in [7, 11) is -0.748. The fraction of sp³-hybridized carbons (Fsp3) is 0.467. The molecule has 1 rings (SSSR count). The van der Waals surface area contributed by atoms with Crippen molar-refractivity contribution in [3.8, 4) is 0 Å². The lowest BCUT2D eigenvalue weighted by atomic mass is 10.0. The first-order chi connectivity index (χ1) is 9.34. The van der Waals surface area contributed by atoms with Gasteiger partial charge in [0.1, 0.15) is 0 Å². The lowest BCUT2D eigenvalue weighted by Gasteiger charge is -2.12. The minimum absolute atomic E-state index is 0.210. The Morgan fingerprint density at radius 1 is 1.25 bits per heavy atom. The van der Waals surface area contributed by atoms with Gasteiger partial charge in [0, 0.05) is 0 Å². The Balaban J connectivity index is 2.44. The number of rotatable bonds is 7. The Labute approximate surface area is 125 Å². The Bertz CT molecular complexity index is 414. The second kappa shape index (κ2) is 7.89. The zero-order chi connectivity index (χ0) is 15.2. The normalized spacial score (nSPS) is 14.8. The topological polar surface area (TPSA) is 0 Å². The van der Waals surface area contributed by atoms with Crippen LogP contribution in [-0.4, -0.2) is 8.80 Å². The van der Waals surface area contributed by atoms with Crippen molar-refractivity contribution in [2.75, 3.05) is 0 Å². The SMILES string of the molecule is C=C[SiH](C)CCCCC(Cl)c1ccc(C(F)(F)F)cc1. The number of unbranched alkanes of at least 4 members (excludes halogenated alkanes) is 1. The molecule has 0 aliphatic carbocycles. The molecule has 0 nitrogen and oxygen atoms in total. The molecule has 0 bridgehead atoms. The predicted molar refractivity (Wildman–Crippen MR) is 81.9 cm³/mol. The van der Waals surface area contributed by atoms with E-state index in [0.29, 0.717) is 0 Å².